The van der Waals surface area contributed by atoms with Crippen molar-refractivity contribution in [1.82, 2.24) is 0 Å². The van der Waals surface area contributed by atoms with E-state index in [4.69, 9.17) is 0 Å². The van der Waals surface area contributed by atoms with E-state index in [2.05, 4.69) is 0 Å². The van der Waals surface area contributed by atoms with Gasteiger partial charge in [0.25, 0.3) is 0 Å². The zero-order chi connectivity index (χ0) is 12.8. The second-order valence-corrected chi connectivity index (χ2v) is 5.22. The lowest BCUT2D eigenvalue weighted by Crippen LogP contribution is -2.19. The molecule has 17 heavy (non-hydrogen) atoms. The molecular formula is C12H14FNO3. The average molecular weight is 239 g/mol. The number of rotatable bonds is 3. The molecule has 1 aromatic carbocycles. The van der Waals surface area contributed by atoms with Gasteiger partial charge in [-0.05, 0) is 23.5 Å². The van der Waals surface area contributed by atoms with Crippen LogP contribution in [0.25, 0.3) is 0 Å². The summed E-state index contributed by atoms with van der Waals surface area (Å²) < 4.78 is 13.2. The van der Waals surface area contributed by atoms with Gasteiger partial charge in [0, 0.05) is 11.5 Å². The molecule has 0 radical (unpaired) electrons. The second kappa shape index (κ2) is 3.50. The topological polar surface area (TPSA) is 63.4 Å². The molecule has 1 N–H and O–H groups in total. The van der Waals surface area contributed by atoms with Crippen LogP contribution in [0.1, 0.15) is 25.8 Å². The smallest absolute Gasteiger partial charge is 0.305 e. The largest absolute Gasteiger partial charge is 0.395 e. The molecular weight excluding hydrogens is 225 g/mol. The number of aliphatic hydroxyl groups is 1. The maximum atomic E-state index is 13.2. The summed E-state index contributed by atoms with van der Waals surface area (Å²) in [6, 6.07) is 3.85. The van der Waals surface area contributed by atoms with E-state index in [-0.39, 0.29) is 12.0 Å². The lowest BCUT2D eigenvalue weighted by Gasteiger charge is -2.18. The Bertz CT molecular complexity index is 487. The Labute approximate surface area is 98.2 Å². The number of nitro groups is 1. The summed E-state index contributed by atoms with van der Waals surface area (Å²) in [5, 5.41) is 20.2. The molecule has 4 nitrogen and oxygen atoms in total. The minimum absolute atomic E-state index is 0.0806. The summed E-state index contributed by atoms with van der Waals surface area (Å²) >= 11 is 0. The van der Waals surface area contributed by atoms with E-state index in [0.29, 0.717) is 5.56 Å². The molecule has 0 amide bonds. The van der Waals surface area contributed by atoms with Crippen LogP contribution in [0.5, 0.6) is 0 Å². The first-order valence-electron chi connectivity index (χ1n) is 5.39. The molecule has 1 unspecified atom stereocenters. The minimum atomic E-state index is -0.842. The van der Waals surface area contributed by atoms with Gasteiger partial charge in [-0.15, -0.1) is 0 Å². The van der Waals surface area contributed by atoms with Crippen LogP contribution < -0.4 is 0 Å². The lowest BCUT2D eigenvalue weighted by atomic mass is 9.88. The van der Waals surface area contributed by atoms with E-state index < -0.39 is 21.8 Å². The van der Waals surface area contributed by atoms with Crippen LogP contribution in [0, 0.1) is 21.3 Å². The van der Waals surface area contributed by atoms with Crippen molar-refractivity contribution in [2.24, 2.45) is 5.41 Å². The van der Waals surface area contributed by atoms with Crippen molar-refractivity contribution >= 4 is 5.69 Å². The Balaban J connectivity index is 2.48. The maximum Gasteiger partial charge on any atom is 0.305 e. The van der Waals surface area contributed by atoms with Crippen molar-refractivity contribution in [2.75, 3.05) is 6.61 Å². The molecule has 0 aliphatic heterocycles. The van der Waals surface area contributed by atoms with Crippen LogP contribution >= 0.6 is 0 Å². The summed E-state index contributed by atoms with van der Waals surface area (Å²) in [4.78, 5) is 9.94. The van der Waals surface area contributed by atoms with Crippen molar-refractivity contribution in [2.45, 2.75) is 25.7 Å². The van der Waals surface area contributed by atoms with Gasteiger partial charge in [0.15, 0.2) is 0 Å². The molecule has 92 valence electrons. The van der Waals surface area contributed by atoms with Gasteiger partial charge in [-0.1, -0.05) is 19.9 Å². The fourth-order valence-corrected chi connectivity index (χ4v) is 2.51. The third-order valence-electron chi connectivity index (χ3n) is 3.88. The zero-order valence-corrected chi connectivity index (χ0v) is 9.74. The van der Waals surface area contributed by atoms with E-state index >= 15 is 0 Å². The number of hydrogen-bond acceptors (Lipinski definition) is 3. The first-order valence-corrected chi connectivity index (χ1v) is 5.39. The van der Waals surface area contributed by atoms with Gasteiger partial charge in [0.2, 0.25) is 5.82 Å². The molecule has 1 saturated carbocycles. The summed E-state index contributed by atoms with van der Waals surface area (Å²) in [7, 11) is 0. The highest BCUT2D eigenvalue weighted by molar-refractivity contribution is 5.45. The van der Waals surface area contributed by atoms with Crippen LogP contribution in [0.4, 0.5) is 10.1 Å². The molecule has 1 fully saturated rings. The van der Waals surface area contributed by atoms with E-state index in [1.165, 1.54) is 12.1 Å². The first-order chi connectivity index (χ1) is 7.84. The summed E-state index contributed by atoms with van der Waals surface area (Å²) in [5.41, 5.74) is -0.463. The van der Waals surface area contributed by atoms with E-state index in [1.807, 2.05) is 13.8 Å². The molecule has 1 aromatic rings. The predicted molar refractivity (Wildman–Crippen MR) is 60.2 cm³/mol. The average Bonchev–Trinajstić information content (AvgIpc) is 2.82. The number of nitrogens with zero attached hydrogens (tertiary/aromatic N) is 1. The number of halogens is 1. The Morgan fingerprint density at radius 1 is 1.53 bits per heavy atom. The summed E-state index contributed by atoms with van der Waals surface area (Å²) in [5.74, 6) is -0.842. The number of aliphatic hydroxyl groups excluding tert-OH is 1. The normalized spacial score (nSPS) is 25.6. The quantitative estimate of drug-likeness (QED) is 0.650. The second-order valence-electron chi connectivity index (χ2n) is 5.22. The van der Waals surface area contributed by atoms with E-state index in [9.17, 15) is 19.6 Å². The van der Waals surface area contributed by atoms with Crippen LogP contribution in [0.2, 0.25) is 0 Å². The van der Waals surface area contributed by atoms with Gasteiger partial charge in [-0.3, -0.25) is 10.1 Å². The van der Waals surface area contributed by atoms with Gasteiger partial charge in [-0.25, -0.2) is 0 Å². The van der Waals surface area contributed by atoms with E-state index in [0.717, 1.165) is 12.5 Å². The van der Waals surface area contributed by atoms with Crippen molar-refractivity contribution in [1.29, 1.82) is 0 Å². The molecule has 1 aliphatic rings. The fourth-order valence-electron chi connectivity index (χ4n) is 2.51. The highest BCUT2D eigenvalue weighted by Crippen LogP contribution is 2.64. The molecule has 1 atom stereocenters. The first kappa shape index (κ1) is 12.0. The molecule has 5 heteroatoms. The van der Waals surface area contributed by atoms with Crippen molar-refractivity contribution < 1.29 is 14.4 Å². The molecule has 0 saturated heterocycles. The molecule has 0 heterocycles. The predicted octanol–water partition coefficient (Wildman–Crippen LogP) is 2.39. The van der Waals surface area contributed by atoms with Gasteiger partial charge >= 0.3 is 5.69 Å². The number of benzene rings is 1. The Morgan fingerprint density at radius 3 is 2.53 bits per heavy atom. The van der Waals surface area contributed by atoms with Crippen molar-refractivity contribution in [3.05, 3.63) is 39.7 Å². The highest BCUT2D eigenvalue weighted by atomic mass is 19.1. The third-order valence-corrected chi connectivity index (χ3v) is 3.88. The van der Waals surface area contributed by atoms with Gasteiger partial charge in [0.1, 0.15) is 0 Å². The van der Waals surface area contributed by atoms with Crippen LogP contribution in [0.3, 0.4) is 0 Å². The van der Waals surface area contributed by atoms with Gasteiger partial charge < -0.3 is 5.11 Å². The monoisotopic (exact) mass is 239 g/mol. The van der Waals surface area contributed by atoms with E-state index in [1.54, 1.807) is 0 Å². The summed E-state index contributed by atoms with van der Waals surface area (Å²) in [6.07, 6.45) is 0.749. The third kappa shape index (κ3) is 1.61. The Kier molecular flexibility index (Phi) is 2.47. The van der Waals surface area contributed by atoms with Gasteiger partial charge in [-0.2, -0.15) is 4.39 Å². The lowest BCUT2D eigenvalue weighted by molar-refractivity contribution is -0.387. The number of nitro benzene ring substituents is 1. The highest BCUT2D eigenvalue weighted by Gasteiger charge is 2.61. The molecule has 0 bridgehead atoms. The van der Waals surface area contributed by atoms with Gasteiger partial charge in [0.05, 0.1) is 11.5 Å². The standard InChI is InChI=1S/C12H14FNO3/c1-11(2)6-12(11,7-15)8-3-4-9(13)10(5-8)14(16)17/h3-5,15H,6-7H2,1-2H3. The zero-order valence-electron chi connectivity index (χ0n) is 9.74. The van der Waals surface area contributed by atoms with Crippen molar-refractivity contribution in [3.63, 3.8) is 0 Å². The maximum absolute atomic E-state index is 13.2. The van der Waals surface area contributed by atoms with Crippen molar-refractivity contribution in [3.8, 4) is 0 Å². The Morgan fingerprint density at radius 2 is 2.12 bits per heavy atom. The molecule has 0 spiro atoms. The summed E-state index contributed by atoms with van der Waals surface area (Å²) in [6.45, 7) is 3.89. The van der Waals surface area contributed by atoms with Crippen LogP contribution in [0.15, 0.2) is 18.2 Å². The molecule has 0 aromatic heterocycles. The fraction of sp³-hybridized carbons (Fsp3) is 0.500. The molecule has 1 aliphatic carbocycles. The van der Waals surface area contributed by atoms with Crippen LogP contribution in [-0.4, -0.2) is 16.6 Å². The van der Waals surface area contributed by atoms with Crippen LogP contribution in [-0.2, 0) is 5.41 Å². The minimum Gasteiger partial charge on any atom is -0.395 e. The number of hydrogen-bond donors (Lipinski definition) is 1. The SMILES string of the molecule is CC1(C)CC1(CO)c1ccc(F)c([N+](=O)[O-])c1. The Hall–Kier alpha value is -1.49. The molecule has 2 rings (SSSR count).